The van der Waals surface area contributed by atoms with Crippen molar-refractivity contribution in [1.29, 1.82) is 0 Å². The standard InChI is InChI=1S/C14H10BrClFNOS2/c1-7-8(15)6-21-12(7)13(19)18-14(20-2)11-9(16)4-3-5-10(11)17/h3-6H,1-2H3/b18-14-. The van der Waals surface area contributed by atoms with E-state index >= 15 is 0 Å². The largest absolute Gasteiger partial charge is 0.288 e. The van der Waals surface area contributed by atoms with E-state index in [0.29, 0.717) is 4.88 Å². The number of hydrogen-bond donors (Lipinski definition) is 0. The SMILES string of the molecule is CS/C(=N\C(=O)c1scc(Br)c1C)c1c(F)cccc1Cl. The number of amides is 1. The minimum absolute atomic E-state index is 0.160. The summed E-state index contributed by atoms with van der Waals surface area (Å²) >= 11 is 11.9. The number of rotatable bonds is 2. The number of halogens is 3. The van der Waals surface area contributed by atoms with Crippen LogP contribution >= 0.6 is 50.6 Å². The van der Waals surface area contributed by atoms with E-state index in [4.69, 9.17) is 11.6 Å². The van der Waals surface area contributed by atoms with E-state index in [-0.39, 0.29) is 15.6 Å². The number of hydrogen-bond acceptors (Lipinski definition) is 3. The molecule has 0 aliphatic rings. The van der Waals surface area contributed by atoms with Gasteiger partial charge in [-0.05, 0) is 46.8 Å². The Balaban J connectivity index is 2.46. The van der Waals surface area contributed by atoms with Crippen LogP contribution in [0.25, 0.3) is 0 Å². The Bertz CT molecular complexity index is 710. The van der Waals surface area contributed by atoms with Gasteiger partial charge in [0, 0.05) is 9.85 Å². The van der Waals surface area contributed by atoms with E-state index in [1.807, 2.05) is 12.3 Å². The molecule has 1 heterocycles. The molecule has 1 aromatic carbocycles. The average Bonchev–Trinajstić information content (AvgIpc) is 2.77. The third-order valence-electron chi connectivity index (χ3n) is 2.75. The zero-order valence-electron chi connectivity index (χ0n) is 11.1. The third kappa shape index (κ3) is 3.56. The van der Waals surface area contributed by atoms with Crippen LogP contribution in [0.2, 0.25) is 5.02 Å². The van der Waals surface area contributed by atoms with Crippen molar-refractivity contribution in [2.75, 3.05) is 6.26 Å². The number of carbonyl (C=O) groups excluding carboxylic acids is 1. The van der Waals surface area contributed by atoms with Gasteiger partial charge in [0.2, 0.25) is 0 Å². The van der Waals surface area contributed by atoms with Gasteiger partial charge in [-0.15, -0.1) is 23.1 Å². The molecular formula is C14H10BrClFNOS2. The summed E-state index contributed by atoms with van der Waals surface area (Å²) in [6.07, 6.45) is 1.73. The topological polar surface area (TPSA) is 29.4 Å². The molecule has 2 nitrogen and oxygen atoms in total. The van der Waals surface area contributed by atoms with E-state index in [1.54, 1.807) is 12.3 Å². The van der Waals surface area contributed by atoms with Crippen molar-refractivity contribution in [3.63, 3.8) is 0 Å². The molecule has 110 valence electrons. The summed E-state index contributed by atoms with van der Waals surface area (Å²) in [5, 5.41) is 2.33. The summed E-state index contributed by atoms with van der Waals surface area (Å²) in [6, 6.07) is 4.38. The monoisotopic (exact) mass is 405 g/mol. The molecule has 0 saturated carbocycles. The van der Waals surface area contributed by atoms with Crippen LogP contribution in [0.15, 0.2) is 33.0 Å². The highest BCUT2D eigenvalue weighted by atomic mass is 79.9. The molecular weight excluding hydrogens is 397 g/mol. The summed E-state index contributed by atoms with van der Waals surface area (Å²) in [4.78, 5) is 16.8. The summed E-state index contributed by atoms with van der Waals surface area (Å²) in [5.41, 5.74) is 0.988. The van der Waals surface area contributed by atoms with Crippen molar-refractivity contribution in [1.82, 2.24) is 0 Å². The molecule has 0 fully saturated rings. The maximum Gasteiger partial charge on any atom is 0.288 e. The molecule has 0 saturated heterocycles. The highest BCUT2D eigenvalue weighted by Crippen LogP contribution is 2.29. The van der Waals surface area contributed by atoms with Crippen molar-refractivity contribution in [2.45, 2.75) is 6.92 Å². The lowest BCUT2D eigenvalue weighted by Crippen LogP contribution is -2.05. The van der Waals surface area contributed by atoms with Crippen LogP contribution in [0.4, 0.5) is 4.39 Å². The Morgan fingerprint density at radius 1 is 1.48 bits per heavy atom. The van der Waals surface area contributed by atoms with Gasteiger partial charge in [-0.3, -0.25) is 4.79 Å². The summed E-state index contributed by atoms with van der Waals surface area (Å²) in [7, 11) is 0. The molecule has 2 aromatic rings. The second kappa shape index (κ2) is 7.05. The van der Waals surface area contributed by atoms with Crippen molar-refractivity contribution in [3.8, 4) is 0 Å². The number of carbonyl (C=O) groups is 1. The number of nitrogens with zero attached hydrogens (tertiary/aromatic N) is 1. The van der Waals surface area contributed by atoms with Gasteiger partial charge in [-0.1, -0.05) is 17.7 Å². The van der Waals surface area contributed by atoms with E-state index in [0.717, 1.165) is 10.0 Å². The van der Waals surface area contributed by atoms with Gasteiger partial charge in [0.1, 0.15) is 10.9 Å². The summed E-state index contributed by atoms with van der Waals surface area (Å²) in [5.74, 6) is -0.889. The summed E-state index contributed by atoms with van der Waals surface area (Å²) < 4.78 is 14.8. The van der Waals surface area contributed by atoms with Gasteiger partial charge >= 0.3 is 0 Å². The second-order valence-electron chi connectivity index (χ2n) is 4.06. The van der Waals surface area contributed by atoms with Gasteiger partial charge in [0.15, 0.2) is 0 Å². The molecule has 0 unspecified atom stereocenters. The van der Waals surface area contributed by atoms with Crippen LogP contribution < -0.4 is 0 Å². The Hall–Kier alpha value is -0.690. The van der Waals surface area contributed by atoms with Crippen LogP contribution in [0, 0.1) is 12.7 Å². The van der Waals surface area contributed by atoms with E-state index < -0.39 is 11.7 Å². The Morgan fingerprint density at radius 2 is 2.19 bits per heavy atom. The number of thioether (sulfide) groups is 1. The molecule has 0 aliphatic carbocycles. The van der Waals surface area contributed by atoms with Gasteiger partial charge < -0.3 is 0 Å². The van der Waals surface area contributed by atoms with Crippen molar-refractivity contribution in [3.05, 3.63) is 54.9 Å². The zero-order valence-corrected chi connectivity index (χ0v) is 15.1. The Labute approximate surface area is 143 Å². The van der Waals surface area contributed by atoms with Gasteiger partial charge in [0.25, 0.3) is 5.91 Å². The average molecular weight is 407 g/mol. The summed E-state index contributed by atoms with van der Waals surface area (Å²) in [6.45, 7) is 1.83. The predicted molar refractivity (Wildman–Crippen MR) is 92.5 cm³/mol. The van der Waals surface area contributed by atoms with Crippen molar-refractivity contribution >= 4 is 61.6 Å². The number of benzene rings is 1. The van der Waals surface area contributed by atoms with Crippen LogP contribution in [-0.4, -0.2) is 17.2 Å². The molecule has 21 heavy (non-hydrogen) atoms. The number of aliphatic imine (C=N–C) groups is 1. The molecule has 0 aliphatic heterocycles. The molecule has 0 spiro atoms. The zero-order chi connectivity index (χ0) is 15.6. The molecule has 1 aromatic heterocycles. The minimum atomic E-state index is -0.493. The first-order valence-electron chi connectivity index (χ1n) is 5.80. The van der Waals surface area contributed by atoms with E-state index in [2.05, 4.69) is 20.9 Å². The Kier molecular flexibility index (Phi) is 5.60. The molecule has 0 atom stereocenters. The fourth-order valence-corrected chi connectivity index (χ4v) is 3.99. The lowest BCUT2D eigenvalue weighted by atomic mass is 10.2. The smallest absolute Gasteiger partial charge is 0.266 e. The van der Waals surface area contributed by atoms with Crippen molar-refractivity contribution in [2.24, 2.45) is 4.99 Å². The van der Waals surface area contributed by atoms with Crippen LogP contribution in [0.1, 0.15) is 20.8 Å². The Morgan fingerprint density at radius 3 is 2.71 bits per heavy atom. The number of thiophene rings is 1. The lowest BCUT2D eigenvalue weighted by molar-refractivity contribution is 0.101. The third-order valence-corrected chi connectivity index (χ3v) is 5.94. The first kappa shape index (κ1) is 16.7. The first-order chi connectivity index (χ1) is 9.95. The van der Waals surface area contributed by atoms with Crippen molar-refractivity contribution < 1.29 is 9.18 Å². The van der Waals surface area contributed by atoms with E-state index in [1.165, 1.54) is 35.2 Å². The minimum Gasteiger partial charge on any atom is -0.266 e. The van der Waals surface area contributed by atoms with E-state index in [9.17, 15) is 9.18 Å². The van der Waals surface area contributed by atoms with Crippen LogP contribution in [-0.2, 0) is 0 Å². The molecule has 0 N–H and O–H groups in total. The second-order valence-corrected chi connectivity index (χ2v) is 7.00. The fourth-order valence-electron chi connectivity index (χ4n) is 1.66. The van der Waals surface area contributed by atoms with Gasteiger partial charge in [-0.2, -0.15) is 0 Å². The highest BCUT2D eigenvalue weighted by Gasteiger charge is 2.18. The normalized spacial score (nSPS) is 11.8. The van der Waals surface area contributed by atoms with Crippen LogP contribution in [0.5, 0.6) is 0 Å². The highest BCUT2D eigenvalue weighted by molar-refractivity contribution is 9.10. The maximum atomic E-state index is 13.9. The molecule has 1 amide bonds. The quantitative estimate of drug-likeness (QED) is 0.482. The van der Waals surface area contributed by atoms with Crippen LogP contribution in [0.3, 0.4) is 0 Å². The predicted octanol–water partition coefficient (Wildman–Crippen LogP) is 5.56. The molecule has 2 rings (SSSR count). The molecule has 0 radical (unpaired) electrons. The first-order valence-corrected chi connectivity index (χ1v) is 9.08. The van der Waals surface area contributed by atoms with Gasteiger partial charge in [0.05, 0.1) is 15.5 Å². The van der Waals surface area contributed by atoms with Gasteiger partial charge in [-0.25, -0.2) is 9.38 Å². The fraction of sp³-hybridized carbons (Fsp3) is 0.143. The maximum absolute atomic E-state index is 13.9. The molecule has 0 bridgehead atoms. The molecule has 7 heteroatoms. The lowest BCUT2D eigenvalue weighted by Gasteiger charge is -2.06.